The molecule has 0 bridgehead atoms. The maximum absolute atomic E-state index is 11.3. The number of tetrazole rings is 1. The number of nitrogens with one attached hydrogen (secondary N) is 1. The van der Waals surface area contributed by atoms with Crippen molar-refractivity contribution in [1.29, 1.82) is 0 Å². The Morgan fingerprint density at radius 2 is 2.36 bits per heavy atom. The van der Waals surface area contributed by atoms with Crippen LogP contribution < -0.4 is 11.1 Å². The zero-order chi connectivity index (χ0) is 10.6. The Labute approximate surface area is 81.7 Å². The van der Waals surface area contributed by atoms with Gasteiger partial charge in [-0.3, -0.25) is 4.79 Å². The van der Waals surface area contributed by atoms with Crippen molar-refractivity contribution in [2.24, 2.45) is 5.92 Å². The minimum Gasteiger partial charge on any atom is -0.367 e. The molecule has 0 unspecified atom stereocenters. The van der Waals surface area contributed by atoms with E-state index in [1.165, 1.54) is 4.68 Å². The number of nitrogens with zero attached hydrogens (tertiary/aromatic N) is 4. The van der Waals surface area contributed by atoms with Crippen molar-refractivity contribution in [2.75, 3.05) is 12.3 Å². The molecule has 0 aromatic carbocycles. The highest BCUT2D eigenvalue weighted by molar-refractivity contribution is 5.75. The summed E-state index contributed by atoms with van der Waals surface area (Å²) < 4.78 is 1.25. The van der Waals surface area contributed by atoms with Crippen LogP contribution in [0, 0.1) is 5.92 Å². The van der Waals surface area contributed by atoms with Gasteiger partial charge in [0, 0.05) is 6.54 Å². The van der Waals surface area contributed by atoms with Crippen LogP contribution in [0.15, 0.2) is 0 Å². The van der Waals surface area contributed by atoms with E-state index in [0.29, 0.717) is 12.5 Å². The molecule has 0 saturated carbocycles. The van der Waals surface area contributed by atoms with Gasteiger partial charge < -0.3 is 11.1 Å². The molecule has 1 aromatic heterocycles. The first-order valence-corrected chi connectivity index (χ1v) is 4.38. The van der Waals surface area contributed by atoms with E-state index in [1.54, 1.807) is 0 Å². The molecule has 0 aliphatic carbocycles. The lowest BCUT2D eigenvalue weighted by Crippen LogP contribution is -2.31. The van der Waals surface area contributed by atoms with E-state index in [4.69, 9.17) is 5.73 Å². The van der Waals surface area contributed by atoms with Crippen molar-refractivity contribution in [3.8, 4) is 0 Å². The predicted molar refractivity (Wildman–Crippen MR) is 50.1 cm³/mol. The average molecular weight is 198 g/mol. The van der Waals surface area contributed by atoms with Crippen LogP contribution in [-0.4, -0.2) is 32.7 Å². The van der Waals surface area contributed by atoms with Gasteiger partial charge in [-0.2, -0.15) is 0 Å². The fourth-order valence-electron chi connectivity index (χ4n) is 0.834. The smallest absolute Gasteiger partial charge is 0.241 e. The van der Waals surface area contributed by atoms with E-state index in [2.05, 4.69) is 20.8 Å². The average Bonchev–Trinajstić information content (AvgIpc) is 2.49. The van der Waals surface area contributed by atoms with Crippen LogP contribution in [0.3, 0.4) is 0 Å². The molecule has 0 atom stereocenters. The van der Waals surface area contributed by atoms with Gasteiger partial charge in [-0.15, -0.1) is 0 Å². The lowest BCUT2D eigenvalue weighted by Gasteiger charge is -2.07. The number of rotatable bonds is 4. The SMILES string of the molecule is CC(C)CNC(=O)Cn1nnnc1N. The van der Waals surface area contributed by atoms with Gasteiger partial charge in [-0.1, -0.05) is 18.9 Å². The maximum atomic E-state index is 11.3. The summed E-state index contributed by atoms with van der Waals surface area (Å²) in [6, 6.07) is 0. The topological polar surface area (TPSA) is 98.7 Å². The lowest BCUT2D eigenvalue weighted by atomic mass is 10.2. The standard InChI is InChI=1S/C7H14N6O/c1-5(2)3-9-6(14)4-13-7(8)10-11-12-13/h5H,3-4H2,1-2H3,(H,9,14)(H2,8,10,12). The quantitative estimate of drug-likeness (QED) is 0.648. The Balaban J connectivity index is 2.38. The molecule has 0 aliphatic rings. The van der Waals surface area contributed by atoms with Crippen molar-refractivity contribution in [2.45, 2.75) is 20.4 Å². The normalized spacial score (nSPS) is 10.5. The zero-order valence-electron chi connectivity index (χ0n) is 8.27. The van der Waals surface area contributed by atoms with Crippen LogP contribution in [0.2, 0.25) is 0 Å². The summed E-state index contributed by atoms with van der Waals surface area (Å²) in [4.78, 5) is 11.3. The van der Waals surface area contributed by atoms with Crippen molar-refractivity contribution in [3.05, 3.63) is 0 Å². The summed E-state index contributed by atoms with van der Waals surface area (Å²) in [5.41, 5.74) is 5.39. The van der Waals surface area contributed by atoms with Gasteiger partial charge in [0.2, 0.25) is 11.9 Å². The van der Waals surface area contributed by atoms with Gasteiger partial charge in [0.05, 0.1) is 0 Å². The lowest BCUT2D eigenvalue weighted by molar-refractivity contribution is -0.122. The fourth-order valence-corrected chi connectivity index (χ4v) is 0.834. The first kappa shape index (κ1) is 10.4. The number of nitrogen functional groups attached to an aromatic ring is 1. The van der Waals surface area contributed by atoms with E-state index in [0.717, 1.165) is 0 Å². The number of nitrogens with two attached hydrogens (primary N) is 1. The highest BCUT2D eigenvalue weighted by Gasteiger charge is 2.07. The Morgan fingerprint density at radius 3 is 2.86 bits per heavy atom. The van der Waals surface area contributed by atoms with E-state index in [1.807, 2.05) is 13.8 Å². The molecule has 0 aliphatic heterocycles. The van der Waals surface area contributed by atoms with Crippen molar-refractivity contribution >= 4 is 11.9 Å². The van der Waals surface area contributed by atoms with Crippen molar-refractivity contribution in [3.63, 3.8) is 0 Å². The minimum absolute atomic E-state index is 0.0611. The number of anilines is 1. The number of amides is 1. The largest absolute Gasteiger partial charge is 0.367 e. The molecule has 14 heavy (non-hydrogen) atoms. The summed E-state index contributed by atoms with van der Waals surface area (Å²) in [6.45, 7) is 4.74. The molecule has 0 spiro atoms. The molecule has 1 aromatic rings. The second-order valence-electron chi connectivity index (χ2n) is 3.39. The molecule has 7 heteroatoms. The molecule has 1 amide bonds. The Kier molecular flexibility index (Phi) is 3.38. The highest BCUT2D eigenvalue weighted by atomic mass is 16.2. The molecule has 0 radical (unpaired) electrons. The second kappa shape index (κ2) is 4.54. The Bertz CT molecular complexity index is 307. The van der Waals surface area contributed by atoms with E-state index in [-0.39, 0.29) is 18.4 Å². The monoisotopic (exact) mass is 198 g/mol. The first-order chi connectivity index (χ1) is 6.59. The molecule has 3 N–H and O–H groups in total. The van der Waals surface area contributed by atoms with E-state index < -0.39 is 0 Å². The third-order valence-corrected chi connectivity index (χ3v) is 1.56. The summed E-state index contributed by atoms with van der Waals surface area (Å²) in [7, 11) is 0. The second-order valence-corrected chi connectivity index (χ2v) is 3.39. The van der Waals surface area contributed by atoms with Gasteiger partial charge in [-0.05, 0) is 16.3 Å². The third-order valence-electron chi connectivity index (χ3n) is 1.56. The van der Waals surface area contributed by atoms with E-state index >= 15 is 0 Å². The fraction of sp³-hybridized carbons (Fsp3) is 0.714. The van der Waals surface area contributed by atoms with Crippen LogP contribution >= 0.6 is 0 Å². The molecule has 0 saturated heterocycles. The number of aromatic nitrogens is 4. The molecular formula is C7H14N6O. The third kappa shape index (κ3) is 3.00. The van der Waals surface area contributed by atoms with Crippen LogP contribution in [0.25, 0.3) is 0 Å². The van der Waals surface area contributed by atoms with Crippen LogP contribution in [0.1, 0.15) is 13.8 Å². The Hall–Kier alpha value is -1.66. The molecular weight excluding hydrogens is 184 g/mol. The number of hydrogen-bond donors (Lipinski definition) is 2. The van der Waals surface area contributed by atoms with Gasteiger partial charge in [-0.25, -0.2) is 4.68 Å². The summed E-state index contributed by atoms with van der Waals surface area (Å²) in [6.07, 6.45) is 0. The highest BCUT2D eigenvalue weighted by Crippen LogP contribution is 1.92. The van der Waals surface area contributed by atoms with Crippen LogP contribution in [-0.2, 0) is 11.3 Å². The molecule has 0 fully saturated rings. The minimum atomic E-state index is -0.141. The molecule has 7 nitrogen and oxygen atoms in total. The zero-order valence-corrected chi connectivity index (χ0v) is 8.27. The van der Waals surface area contributed by atoms with Crippen molar-refractivity contribution < 1.29 is 4.79 Å². The maximum Gasteiger partial charge on any atom is 0.241 e. The van der Waals surface area contributed by atoms with E-state index in [9.17, 15) is 4.79 Å². The van der Waals surface area contributed by atoms with Gasteiger partial charge >= 0.3 is 0 Å². The van der Waals surface area contributed by atoms with Gasteiger partial charge in [0.1, 0.15) is 6.54 Å². The number of hydrogen-bond acceptors (Lipinski definition) is 5. The van der Waals surface area contributed by atoms with Gasteiger partial charge in [0.15, 0.2) is 0 Å². The first-order valence-electron chi connectivity index (χ1n) is 4.38. The molecule has 78 valence electrons. The summed E-state index contributed by atoms with van der Waals surface area (Å²) in [5, 5.41) is 13.1. The predicted octanol–water partition coefficient (Wildman–Crippen LogP) is -0.972. The van der Waals surface area contributed by atoms with Crippen LogP contribution in [0.4, 0.5) is 5.95 Å². The van der Waals surface area contributed by atoms with Crippen molar-refractivity contribution in [1.82, 2.24) is 25.5 Å². The van der Waals surface area contributed by atoms with Gasteiger partial charge in [0.25, 0.3) is 0 Å². The number of carbonyl (C=O) groups is 1. The van der Waals surface area contributed by atoms with Crippen LogP contribution in [0.5, 0.6) is 0 Å². The summed E-state index contributed by atoms with van der Waals surface area (Å²) in [5.74, 6) is 0.424. The molecule has 1 heterocycles. The molecule has 1 rings (SSSR count). The summed E-state index contributed by atoms with van der Waals surface area (Å²) >= 11 is 0. The number of carbonyl (C=O) groups excluding carboxylic acids is 1. The Morgan fingerprint density at radius 1 is 1.64 bits per heavy atom.